The zero-order valence-corrected chi connectivity index (χ0v) is 27.0. The number of benzene rings is 4. The lowest BCUT2D eigenvalue weighted by Gasteiger charge is -2.17. The lowest BCUT2D eigenvalue weighted by molar-refractivity contribution is 0.486. The van der Waals surface area contributed by atoms with Crippen molar-refractivity contribution in [1.82, 2.24) is 19.1 Å². The molecule has 0 bridgehead atoms. The van der Waals surface area contributed by atoms with Gasteiger partial charge in [0.1, 0.15) is 0 Å². The Morgan fingerprint density at radius 3 is 1.41 bits per heavy atom. The van der Waals surface area contributed by atoms with E-state index in [1.807, 2.05) is 48.5 Å². The number of fused-ring (bicyclic) bond motifs is 2. The molecule has 0 atom stereocenters. The van der Waals surface area contributed by atoms with Crippen LogP contribution < -0.4 is 11.1 Å². The molecule has 222 valence electrons. The molecule has 0 unspecified atom stereocenters. The van der Waals surface area contributed by atoms with E-state index in [1.165, 1.54) is 33.4 Å². The molecule has 2 heterocycles. The maximum absolute atomic E-state index is 13.9. The van der Waals surface area contributed by atoms with Gasteiger partial charge in [0.15, 0.2) is 10.3 Å². The maximum atomic E-state index is 13.9. The molecule has 6 rings (SSSR count). The fourth-order valence-electron chi connectivity index (χ4n) is 5.31. The molecule has 6 nitrogen and oxygen atoms in total. The summed E-state index contributed by atoms with van der Waals surface area (Å²) in [7, 11) is 0. The van der Waals surface area contributed by atoms with E-state index in [-0.39, 0.29) is 11.1 Å². The molecule has 2 aromatic heterocycles. The van der Waals surface area contributed by atoms with Crippen molar-refractivity contribution in [2.45, 2.75) is 62.6 Å². The monoisotopic (exact) mass is 618 g/mol. The molecule has 0 spiro atoms. The topological polar surface area (TPSA) is 69.8 Å². The molecular weight excluding hydrogens is 585 g/mol. The number of aryl methyl sites for hydroxylation is 4. The van der Waals surface area contributed by atoms with E-state index in [0.29, 0.717) is 56.7 Å². The molecule has 0 fully saturated rings. The predicted octanol–water partition coefficient (Wildman–Crippen LogP) is 7.62. The fourth-order valence-corrected chi connectivity index (χ4v) is 7.48. The zero-order chi connectivity index (χ0) is 30.8. The summed E-state index contributed by atoms with van der Waals surface area (Å²) in [4.78, 5) is 37.6. The van der Waals surface area contributed by atoms with Gasteiger partial charge in [-0.1, -0.05) is 95.3 Å². The number of aromatic nitrogens is 4. The SMILES string of the molecule is Cc1ccc(C)c(CSc2nc3ccccc3c(=O)n2CCn2c(SCc3cc(C)ccc3C)nc3ccccc3c2=O)c1. The first-order valence-corrected chi connectivity index (χ1v) is 16.6. The van der Waals surface area contributed by atoms with E-state index in [0.717, 1.165) is 0 Å². The Bertz CT molecular complexity index is 1980. The van der Waals surface area contributed by atoms with Crippen LogP contribution in [0, 0.1) is 27.7 Å². The molecule has 0 amide bonds. The summed E-state index contributed by atoms with van der Waals surface area (Å²) in [6.07, 6.45) is 0. The average molecular weight is 619 g/mol. The lowest BCUT2D eigenvalue weighted by atomic mass is 10.1. The zero-order valence-electron chi connectivity index (χ0n) is 25.3. The third-order valence-corrected chi connectivity index (χ3v) is 9.97. The van der Waals surface area contributed by atoms with E-state index >= 15 is 0 Å². The Kier molecular flexibility index (Phi) is 8.73. The van der Waals surface area contributed by atoms with Crippen LogP contribution in [-0.2, 0) is 24.6 Å². The van der Waals surface area contributed by atoms with E-state index in [1.54, 1.807) is 32.7 Å². The van der Waals surface area contributed by atoms with Gasteiger partial charge in [-0.25, -0.2) is 9.97 Å². The van der Waals surface area contributed by atoms with Crippen molar-refractivity contribution in [3.05, 3.63) is 139 Å². The van der Waals surface area contributed by atoms with Crippen LogP contribution in [-0.4, -0.2) is 19.1 Å². The average Bonchev–Trinajstić information content (AvgIpc) is 3.02. The van der Waals surface area contributed by atoms with Gasteiger partial charge >= 0.3 is 0 Å². The molecule has 0 radical (unpaired) electrons. The van der Waals surface area contributed by atoms with Gasteiger partial charge in [0, 0.05) is 24.6 Å². The highest BCUT2D eigenvalue weighted by atomic mass is 32.2. The van der Waals surface area contributed by atoms with Gasteiger partial charge in [-0.15, -0.1) is 0 Å². The van der Waals surface area contributed by atoms with Crippen LogP contribution in [0.5, 0.6) is 0 Å². The Morgan fingerprint density at radius 2 is 0.977 bits per heavy atom. The molecule has 0 saturated carbocycles. The van der Waals surface area contributed by atoms with Crippen LogP contribution in [0.2, 0.25) is 0 Å². The molecule has 6 aromatic rings. The Balaban J connectivity index is 1.37. The van der Waals surface area contributed by atoms with Crippen molar-refractivity contribution < 1.29 is 0 Å². The van der Waals surface area contributed by atoms with Gasteiger partial charge in [0.05, 0.1) is 21.8 Å². The van der Waals surface area contributed by atoms with Crippen LogP contribution >= 0.6 is 23.5 Å². The van der Waals surface area contributed by atoms with Crippen LogP contribution in [0.15, 0.2) is 105 Å². The second-order valence-electron chi connectivity index (χ2n) is 11.2. The quantitative estimate of drug-likeness (QED) is 0.123. The number of hydrogen-bond acceptors (Lipinski definition) is 6. The van der Waals surface area contributed by atoms with Crippen molar-refractivity contribution in [1.29, 1.82) is 0 Å². The number of rotatable bonds is 9. The molecule has 0 aliphatic heterocycles. The minimum Gasteiger partial charge on any atom is -0.285 e. The Hall–Kier alpha value is -4.14. The summed E-state index contributed by atoms with van der Waals surface area (Å²) in [6.45, 7) is 8.97. The first kappa shape index (κ1) is 29.9. The highest BCUT2D eigenvalue weighted by molar-refractivity contribution is 7.98. The maximum Gasteiger partial charge on any atom is 0.262 e. The van der Waals surface area contributed by atoms with Gasteiger partial charge in [0.25, 0.3) is 11.1 Å². The van der Waals surface area contributed by atoms with E-state index in [2.05, 4.69) is 64.1 Å². The third kappa shape index (κ3) is 6.23. The van der Waals surface area contributed by atoms with Gasteiger partial charge in [-0.05, 0) is 74.2 Å². The normalized spacial score (nSPS) is 11.5. The van der Waals surface area contributed by atoms with Crippen molar-refractivity contribution in [3.8, 4) is 0 Å². The molecule has 0 N–H and O–H groups in total. The van der Waals surface area contributed by atoms with Crippen molar-refractivity contribution in [3.63, 3.8) is 0 Å². The lowest BCUT2D eigenvalue weighted by Crippen LogP contribution is -2.30. The standard InChI is InChI=1S/C36H34N4O2S2/c1-23-13-15-25(3)27(19-23)21-43-35-37-31-11-7-5-9-29(31)33(41)39(35)17-18-40-34(42)30-10-6-8-12-32(30)38-36(40)44-22-28-20-24(2)14-16-26(28)4/h5-16,19-20H,17-18,21-22H2,1-4H3. The largest absolute Gasteiger partial charge is 0.285 e. The number of hydrogen-bond donors (Lipinski definition) is 0. The molecule has 0 saturated heterocycles. The number of para-hydroxylation sites is 2. The van der Waals surface area contributed by atoms with Crippen molar-refractivity contribution in [2.24, 2.45) is 0 Å². The molecule has 0 aliphatic carbocycles. The highest BCUT2D eigenvalue weighted by Gasteiger charge is 2.16. The molecule has 0 aliphatic rings. The third-order valence-electron chi connectivity index (χ3n) is 7.92. The van der Waals surface area contributed by atoms with Crippen molar-refractivity contribution in [2.75, 3.05) is 0 Å². The molecule has 44 heavy (non-hydrogen) atoms. The summed E-state index contributed by atoms with van der Waals surface area (Å²) in [6, 6.07) is 27.8. The van der Waals surface area contributed by atoms with Crippen LogP contribution in [0.25, 0.3) is 21.8 Å². The summed E-state index contributed by atoms with van der Waals surface area (Å²) in [5.41, 5.74) is 8.37. The summed E-state index contributed by atoms with van der Waals surface area (Å²) in [5, 5.41) is 2.41. The summed E-state index contributed by atoms with van der Waals surface area (Å²) < 4.78 is 3.44. The van der Waals surface area contributed by atoms with Crippen molar-refractivity contribution >= 4 is 45.3 Å². The van der Waals surface area contributed by atoms with Gasteiger partial charge in [-0.2, -0.15) is 0 Å². The fraction of sp³-hybridized carbons (Fsp3) is 0.222. The predicted molar refractivity (Wildman–Crippen MR) is 183 cm³/mol. The first-order chi connectivity index (χ1) is 21.3. The van der Waals surface area contributed by atoms with Crippen LogP contribution in [0.4, 0.5) is 0 Å². The summed E-state index contributed by atoms with van der Waals surface area (Å²) in [5.74, 6) is 1.37. The van der Waals surface area contributed by atoms with Gasteiger partial charge in [-0.3, -0.25) is 18.7 Å². The number of nitrogens with zero attached hydrogens (tertiary/aromatic N) is 4. The highest BCUT2D eigenvalue weighted by Crippen LogP contribution is 2.27. The van der Waals surface area contributed by atoms with Crippen LogP contribution in [0.1, 0.15) is 33.4 Å². The summed E-state index contributed by atoms with van der Waals surface area (Å²) >= 11 is 3.10. The molecule has 8 heteroatoms. The molecule has 4 aromatic carbocycles. The van der Waals surface area contributed by atoms with E-state index in [9.17, 15) is 9.59 Å². The second-order valence-corrected chi connectivity index (χ2v) is 13.1. The van der Waals surface area contributed by atoms with Gasteiger partial charge < -0.3 is 0 Å². The van der Waals surface area contributed by atoms with Crippen LogP contribution in [0.3, 0.4) is 0 Å². The van der Waals surface area contributed by atoms with E-state index < -0.39 is 0 Å². The first-order valence-electron chi connectivity index (χ1n) is 14.7. The minimum absolute atomic E-state index is 0.106. The second kappa shape index (κ2) is 12.8. The number of thioether (sulfide) groups is 2. The molecular formula is C36H34N4O2S2. The smallest absolute Gasteiger partial charge is 0.262 e. The minimum atomic E-state index is -0.106. The van der Waals surface area contributed by atoms with Gasteiger partial charge in [0.2, 0.25) is 0 Å². The Morgan fingerprint density at radius 1 is 0.568 bits per heavy atom. The Labute approximate surface area is 265 Å². The van der Waals surface area contributed by atoms with E-state index in [4.69, 9.17) is 9.97 Å².